The Morgan fingerprint density at radius 2 is 2.00 bits per heavy atom. The molecule has 1 aromatic heterocycles. The summed E-state index contributed by atoms with van der Waals surface area (Å²) >= 11 is 0. The van der Waals surface area contributed by atoms with Crippen molar-refractivity contribution >= 4 is 22.8 Å². The zero-order chi connectivity index (χ0) is 19.1. The minimum Gasteiger partial charge on any atom is -0.358 e. The second-order valence-electron chi connectivity index (χ2n) is 6.71. The van der Waals surface area contributed by atoms with Crippen LogP contribution in [-0.2, 0) is 11.2 Å². The van der Waals surface area contributed by atoms with Gasteiger partial charge in [0.1, 0.15) is 6.54 Å². The van der Waals surface area contributed by atoms with Crippen LogP contribution in [0, 0.1) is 6.92 Å². The molecule has 0 atom stereocenters. The lowest BCUT2D eigenvalue weighted by molar-refractivity contribution is -0.127. The molecule has 0 saturated carbocycles. The number of carbonyl (C=O) groups is 1. The van der Waals surface area contributed by atoms with Gasteiger partial charge in [0.15, 0.2) is 5.96 Å². The lowest BCUT2D eigenvalue weighted by atomic mass is 10.1. The van der Waals surface area contributed by atoms with Crippen molar-refractivity contribution in [3.8, 4) is 0 Å². The van der Waals surface area contributed by atoms with Crippen LogP contribution in [0.5, 0.6) is 0 Å². The molecule has 0 radical (unpaired) electrons. The topological polar surface area (TPSA) is 72.5 Å². The van der Waals surface area contributed by atoms with E-state index in [0.29, 0.717) is 12.5 Å². The zero-order valence-electron chi connectivity index (χ0n) is 16.1. The van der Waals surface area contributed by atoms with Crippen LogP contribution in [0.1, 0.15) is 18.2 Å². The molecular formula is C20H29N5O. The van der Waals surface area contributed by atoms with E-state index < -0.39 is 0 Å². The monoisotopic (exact) mass is 355 g/mol. The average Bonchev–Trinajstić information content (AvgIpc) is 2.91. The van der Waals surface area contributed by atoms with Gasteiger partial charge < -0.3 is 20.5 Å². The number of hydrogen-bond donors (Lipinski definition) is 3. The van der Waals surface area contributed by atoms with Gasteiger partial charge >= 0.3 is 0 Å². The summed E-state index contributed by atoms with van der Waals surface area (Å²) in [4.78, 5) is 21.1. The van der Waals surface area contributed by atoms with Crippen molar-refractivity contribution in [2.45, 2.75) is 20.3 Å². The van der Waals surface area contributed by atoms with Gasteiger partial charge in [-0.25, -0.2) is 4.99 Å². The second-order valence-corrected chi connectivity index (χ2v) is 6.71. The average molecular weight is 355 g/mol. The van der Waals surface area contributed by atoms with Crippen LogP contribution in [0.4, 0.5) is 0 Å². The zero-order valence-corrected chi connectivity index (χ0v) is 16.1. The number of carbonyl (C=O) groups excluding carboxylic acids is 1. The summed E-state index contributed by atoms with van der Waals surface area (Å²) in [7, 11) is 3.46. The Balaban J connectivity index is 2.01. The van der Waals surface area contributed by atoms with Gasteiger partial charge in [-0.2, -0.15) is 0 Å². The third kappa shape index (κ3) is 5.37. The van der Waals surface area contributed by atoms with Crippen LogP contribution in [-0.4, -0.2) is 55.5 Å². The first-order valence-electron chi connectivity index (χ1n) is 8.81. The van der Waals surface area contributed by atoms with Crippen molar-refractivity contribution in [3.05, 3.63) is 47.7 Å². The number of aliphatic imine (C=N–C) groups is 1. The number of likely N-dealkylation sites (N-methyl/N-ethyl adjacent to an activating group) is 1. The lowest BCUT2D eigenvalue weighted by Gasteiger charge is -2.14. The molecule has 140 valence electrons. The fourth-order valence-corrected chi connectivity index (χ4v) is 2.66. The highest BCUT2D eigenvalue weighted by atomic mass is 16.2. The number of nitrogens with zero attached hydrogens (tertiary/aromatic N) is 2. The van der Waals surface area contributed by atoms with Crippen molar-refractivity contribution < 1.29 is 4.79 Å². The fraction of sp³-hybridized carbons (Fsp3) is 0.400. The first kappa shape index (κ1) is 19.6. The summed E-state index contributed by atoms with van der Waals surface area (Å²) in [5.74, 6) is 0.592. The Bertz CT molecular complexity index is 804. The molecule has 3 N–H and O–H groups in total. The third-order valence-electron chi connectivity index (χ3n) is 4.12. The van der Waals surface area contributed by atoms with Gasteiger partial charge in [0.2, 0.25) is 5.91 Å². The molecule has 1 amide bonds. The van der Waals surface area contributed by atoms with Crippen LogP contribution in [0.25, 0.3) is 10.9 Å². The van der Waals surface area contributed by atoms with Gasteiger partial charge in [0.25, 0.3) is 0 Å². The summed E-state index contributed by atoms with van der Waals surface area (Å²) < 4.78 is 0. The maximum atomic E-state index is 11.8. The number of guanidine groups is 1. The highest BCUT2D eigenvalue weighted by molar-refractivity contribution is 5.86. The largest absolute Gasteiger partial charge is 0.358 e. The van der Waals surface area contributed by atoms with E-state index >= 15 is 0 Å². The molecule has 0 aliphatic carbocycles. The summed E-state index contributed by atoms with van der Waals surface area (Å²) in [6.07, 6.45) is 0.866. The number of hydrogen-bond acceptors (Lipinski definition) is 2. The Morgan fingerprint density at radius 3 is 2.69 bits per heavy atom. The molecule has 6 nitrogen and oxygen atoms in total. The van der Waals surface area contributed by atoms with Gasteiger partial charge in [0, 0.05) is 43.8 Å². The van der Waals surface area contributed by atoms with Crippen LogP contribution in [0.2, 0.25) is 0 Å². The summed E-state index contributed by atoms with van der Waals surface area (Å²) in [6, 6.07) is 8.32. The molecule has 0 aliphatic heterocycles. The number of nitrogens with one attached hydrogen (secondary N) is 3. The van der Waals surface area contributed by atoms with E-state index in [2.05, 4.69) is 52.3 Å². The molecule has 0 bridgehead atoms. The van der Waals surface area contributed by atoms with E-state index in [9.17, 15) is 4.79 Å². The lowest BCUT2D eigenvalue weighted by Crippen LogP contribution is -2.40. The Labute approximate surface area is 155 Å². The smallest absolute Gasteiger partial charge is 0.243 e. The molecule has 26 heavy (non-hydrogen) atoms. The van der Waals surface area contributed by atoms with Gasteiger partial charge in [-0.05, 0) is 31.9 Å². The standard InChI is InChI=1S/C20H29N5O/c1-14(2)12-22-20(23-13-19(26)25(4)5)21-11-10-16-15(3)24-18-9-7-6-8-17(16)18/h6-9,24H,1,10-13H2,2-5H3,(H2,21,22,23). The van der Waals surface area contributed by atoms with E-state index in [4.69, 9.17) is 0 Å². The predicted molar refractivity (Wildman–Crippen MR) is 109 cm³/mol. The molecule has 6 heteroatoms. The minimum absolute atomic E-state index is 0.0334. The van der Waals surface area contributed by atoms with E-state index in [1.807, 2.05) is 13.0 Å². The molecule has 1 aromatic carbocycles. The summed E-state index contributed by atoms with van der Waals surface area (Å²) in [5, 5.41) is 7.77. The maximum Gasteiger partial charge on any atom is 0.243 e. The number of aromatic amines is 1. The number of H-pyrrole nitrogens is 1. The first-order valence-corrected chi connectivity index (χ1v) is 8.81. The van der Waals surface area contributed by atoms with Crippen LogP contribution < -0.4 is 10.6 Å². The van der Waals surface area contributed by atoms with Gasteiger partial charge in [-0.1, -0.05) is 30.4 Å². The van der Waals surface area contributed by atoms with E-state index in [0.717, 1.165) is 24.1 Å². The van der Waals surface area contributed by atoms with Crippen molar-refractivity contribution in [1.29, 1.82) is 0 Å². The van der Waals surface area contributed by atoms with Crippen LogP contribution in [0.15, 0.2) is 41.4 Å². The second kappa shape index (κ2) is 9.08. The van der Waals surface area contributed by atoms with E-state index in [-0.39, 0.29) is 12.5 Å². The summed E-state index contributed by atoms with van der Waals surface area (Å²) in [6.45, 7) is 9.40. The molecule has 0 spiro atoms. The molecule has 0 aliphatic rings. The molecule has 1 heterocycles. The van der Waals surface area contributed by atoms with E-state index in [1.54, 1.807) is 14.1 Å². The first-order chi connectivity index (χ1) is 12.4. The van der Waals surface area contributed by atoms with Crippen LogP contribution in [0.3, 0.4) is 0 Å². The molecule has 2 aromatic rings. The number of rotatable bonds is 7. The van der Waals surface area contributed by atoms with Crippen molar-refractivity contribution in [2.75, 3.05) is 33.7 Å². The number of amides is 1. The Kier molecular flexibility index (Phi) is 6.83. The predicted octanol–water partition coefficient (Wildman–Crippen LogP) is 2.22. The van der Waals surface area contributed by atoms with E-state index in [1.165, 1.54) is 21.5 Å². The van der Waals surface area contributed by atoms with Crippen LogP contribution >= 0.6 is 0 Å². The minimum atomic E-state index is -0.0334. The number of aromatic nitrogens is 1. The Hall–Kier alpha value is -2.76. The van der Waals surface area contributed by atoms with Gasteiger partial charge in [-0.15, -0.1) is 0 Å². The van der Waals surface area contributed by atoms with Crippen molar-refractivity contribution in [2.24, 2.45) is 4.99 Å². The maximum absolute atomic E-state index is 11.8. The van der Waals surface area contributed by atoms with Gasteiger partial charge in [-0.3, -0.25) is 4.79 Å². The van der Waals surface area contributed by atoms with Crippen molar-refractivity contribution in [3.63, 3.8) is 0 Å². The quantitative estimate of drug-likeness (QED) is 0.405. The molecule has 2 rings (SSSR count). The number of aryl methyl sites for hydroxylation is 1. The molecular weight excluding hydrogens is 326 g/mol. The highest BCUT2D eigenvalue weighted by Crippen LogP contribution is 2.21. The normalized spacial score (nSPS) is 11.5. The number of fused-ring (bicyclic) bond motifs is 1. The molecule has 0 unspecified atom stereocenters. The van der Waals surface area contributed by atoms with Crippen molar-refractivity contribution in [1.82, 2.24) is 20.5 Å². The molecule has 0 saturated heterocycles. The summed E-state index contributed by atoms with van der Waals surface area (Å²) in [5.41, 5.74) is 4.65. The Morgan fingerprint density at radius 1 is 1.27 bits per heavy atom. The molecule has 0 fully saturated rings. The highest BCUT2D eigenvalue weighted by Gasteiger charge is 2.09. The fourth-order valence-electron chi connectivity index (χ4n) is 2.66. The number of para-hydroxylation sites is 1. The third-order valence-corrected chi connectivity index (χ3v) is 4.12. The van der Waals surface area contributed by atoms with Gasteiger partial charge in [0.05, 0.1) is 0 Å². The number of benzene rings is 1. The SMILES string of the molecule is C=C(C)CNC(=NCC(=O)N(C)C)NCCc1c(C)[nH]c2ccccc12.